The molecular formula is C16H19NO5. The Kier molecular flexibility index (Phi) is 4.49. The van der Waals surface area contributed by atoms with Crippen LogP contribution >= 0.6 is 0 Å². The first-order valence-corrected chi connectivity index (χ1v) is 7.01. The SMILES string of the molecule is CC(C)(C)C(=O)OCC1COC(=O)N1c1ccc(C=O)cc1. The zero-order valence-electron chi connectivity index (χ0n) is 12.9. The number of rotatable bonds is 4. The van der Waals surface area contributed by atoms with Crippen LogP contribution < -0.4 is 4.90 Å². The van der Waals surface area contributed by atoms with Gasteiger partial charge in [0.15, 0.2) is 0 Å². The van der Waals surface area contributed by atoms with Gasteiger partial charge in [0.05, 0.1) is 5.41 Å². The molecule has 0 aliphatic carbocycles. The summed E-state index contributed by atoms with van der Waals surface area (Å²) in [6.45, 7) is 5.52. The Morgan fingerprint density at radius 3 is 2.55 bits per heavy atom. The molecule has 6 heteroatoms. The predicted octanol–water partition coefficient (Wildman–Crippen LogP) is 2.41. The van der Waals surface area contributed by atoms with Crippen LogP contribution in [0.2, 0.25) is 0 Å². The number of benzene rings is 1. The highest BCUT2D eigenvalue weighted by molar-refractivity contribution is 5.91. The molecule has 118 valence electrons. The first-order chi connectivity index (χ1) is 10.3. The molecule has 0 bridgehead atoms. The van der Waals surface area contributed by atoms with Crippen molar-refractivity contribution in [1.29, 1.82) is 0 Å². The number of carbonyl (C=O) groups excluding carboxylic acids is 3. The molecular weight excluding hydrogens is 286 g/mol. The molecule has 1 aromatic rings. The van der Waals surface area contributed by atoms with Crippen molar-refractivity contribution in [3.05, 3.63) is 29.8 Å². The number of esters is 1. The number of amides is 1. The minimum Gasteiger partial charge on any atom is -0.463 e. The number of anilines is 1. The minimum atomic E-state index is -0.597. The molecule has 1 aliphatic rings. The second kappa shape index (κ2) is 6.17. The molecule has 1 aliphatic heterocycles. The zero-order chi connectivity index (χ0) is 16.3. The van der Waals surface area contributed by atoms with Gasteiger partial charge in [-0.05, 0) is 45.0 Å². The van der Waals surface area contributed by atoms with Crippen molar-refractivity contribution in [1.82, 2.24) is 0 Å². The van der Waals surface area contributed by atoms with Crippen molar-refractivity contribution in [3.63, 3.8) is 0 Å². The van der Waals surface area contributed by atoms with Gasteiger partial charge in [0, 0.05) is 11.3 Å². The van der Waals surface area contributed by atoms with Crippen LogP contribution in [0.3, 0.4) is 0 Å². The average Bonchev–Trinajstić information content (AvgIpc) is 2.84. The lowest BCUT2D eigenvalue weighted by Gasteiger charge is -2.23. The number of carbonyl (C=O) groups is 3. The van der Waals surface area contributed by atoms with E-state index in [0.717, 1.165) is 6.29 Å². The van der Waals surface area contributed by atoms with Crippen LogP contribution in [0, 0.1) is 5.41 Å². The molecule has 1 heterocycles. The van der Waals surface area contributed by atoms with Crippen molar-refractivity contribution in [2.75, 3.05) is 18.1 Å². The normalized spacial score (nSPS) is 18.0. The Morgan fingerprint density at radius 2 is 2.00 bits per heavy atom. The van der Waals surface area contributed by atoms with E-state index in [1.54, 1.807) is 45.0 Å². The lowest BCUT2D eigenvalue weighted by molar-refractivity contribution is -0.153. The molecule has 2 rings (SSSR count). The third-order valence-corrected chi connectivity index (χ3v) is 3.29. The monoisotopic (exact) mass is 305 g/mol. The minimum absolute atomic E-state index is 0.0667. The summed E-state index contributed by atoms with van der Waals surface area (Å²) in [4.78, 5) is 35.8. The van der Waals surface area contributed by atoms with Gasteiger partial charge in [-0.2, -0.15) is 0 Å². The number of hydrogen-bond acceptors (Lipinski definition) is 5. The van der Waals surface area contributed by atoms with Crippen molar-refractivity contribution in [2.45, 2.75) is 26.8 Å². The molecule has 6 nitrogen and oxygen atoms in total. The molecule has 1 unspecified atom stereocenters. The summed E-state index contributed by atoms with van der Waals surface area (Å²) < 4.78 is 10.3. The Labute approximate surface area is 129 Å². The van der Waals surface area contributed by atoms with Crippen LogP contribution in [-0.2, 0) is 14.3 Å². The number of nitrogens with zero attached hydrogens (tertiary/aromatic N) is 1. The predicted molar refractivity (Wildman–Crippen MR) is 79.9 cm³/mol. The summed E-state index contributed by atoms with van der Waals surface area (Å²) in [6, 6.07) is 6.18. The van der Waals surface area contributed by atoms with Crippen LogP contribution in [0.1, 0.15) is 31.1 Å². The molecule has 0 radical (unpaired) electrons. The van der Waals surface area contributed by atoms with Crippen molar-refractivity contribution in [2.24, 2.45) is 5.41 Å². The fourth-order valence-electron chi connectivity index (χ4n) is 2.00. The molecule has 1 amide bonds. The number of cyclic esters (lactones) is 1. The van der Waals surface area contributed by atoms with Crippen LogP contribution in [0.4, 0.5) is 10.5 Å². The summed E-state index contributed by atoms with van der Waals surface area (Å²) in [6.07, 6.45) is 0.241. The average molecular weight is 305 g/mol. The largest absolute Gasteiger partial charge is 0.463 e. The quantitative estimate of drug-likeness (QED) is 0.631. The lowest BCUT2D eigenvalue weighted by atomic mass is 9.97. The summed E-state index contributed by atoms with van der Waals surface area (Å²) in [5.74, 6) is -0.330. The molecule has 0 spiro atoms. The lowest BCUT2D eigenvalue weighted by Crippen LogP contribution is -2.38. The summed E-state index contributed by atoms with van der Waals surface area (Å²) in [5.41, 5.74) is 0.525. The summed E-state index contributed by atoms with van der Waals surface area (Å²) >= 11 is 0. The van der Waals surface area contributed by atoms with Gasteiger partial charge in [0.1, 0.15) is 25.5 Å². The second-order valence-corrected chi connectivity index (χ2v) is 6.16. The van der Waals surface area contributed by atoms with Crippen molar-refractivity contribution in [3.8, 4) is 0 Å². The standard InChI is InChI=1S/C16H19NO5/c1-16(2,3)14(19)21-9-13-10-22-15(20)17(13)12-6-4-11(8-18)5-7-12/h4-8,13H,9-10H2,1-3H3. The highest BCUT2D eigenvalue weighted by Gasteiger charge is 2.36. The van der Waals surface area contributed by atoms with Gasteiger partial charge < -0.3 is 9.47 Å². The summed E-state index contributed by atoms with van der Waals surface area (Å²) in [5, 5.41) is 0. The fourth-order valence-corrected chi connectivity index (χ4v) is 2.00. The Bertz CT molecular complexity index is 573. The van der Waals surface area contributed by atoms with E-state index < -0.39 is 11.5 Å². The van der Waals surface area contributed by atoms with E-state index in [2.05, 4.69) is 0 Å². The fraction of sp³-hybridized carbons (Fsp3) is 0.438. The maximum Gasteiger partial charge on any atom is 0.414 e. The highest BCUT2D eigenvalue weighted by Crippen LogP contribution is 2.24. The van der Waals surface area contributed by atoms with Gasteiger partial charge in [0.25, 0.3) is 0 Å². The maximum absolute atomic E-state index is 11.9. The Morgan fingerprint density at radius 1 is 1.36 bits per heavy atom. The summed E-state index contributed by atoms with van der Waals surface area (Å²) in [7, 11) is 0. The van der Waals surface area contributed by atoms with E-state index >= 15 is 0 Å². The first kappa shape index (κ1) is 16.0. The van der Waals surface area contributed by atoms with E-state index in [0.29, 0.717) is 11.3 Å². The molecule has 0 saturated carbocycles. The molecule has 1 saturated heterocycles. The van der Waals surface area contributed by atoms with Crippen LogP contribution in [0.5, 0.6) is 0 Å². The Balaban J connectivity index is 2.09. The molecule has 1 fully saturated rings. The topological polar surface area (TPSA) is 72.9 Å². The Hall–Kier alpha value is -2.37. The van der Waals surface area contributed by atoms with Crippen LogP contribution in [-0.4, -0.2) is 37.6 Å². The van der Waals surface area contributed by atoms with E-state index in [1.807, 2.05) is 0 Å². The number of hydrogen-bond donors (Lipinski definition) is 0. The number of ether oxygens (including phenoxy) is 2. The molecule has 1 aromatic carbocycles. The van der Waals surface area contributed by atoms with Gasteiger partial charge in [-0.15, -0.1) is 0 Å². The maximum atomic E-state index is 11.9. The van der Waals surface area contributed by atoms with Crippen LogP contribution in [0.25, 0.3) is 0 Å². The molecule has 0 N–H and O–H groups in total. The smallest absolute Gasteiger partial charge is 0.414 e. The van der Waals surface area contributed by atoms with Crippen LogP contribution in [0.15, 0.2) is 24.3 Å². The van der Waals surface area contributed by atoms with E-state index in [1.165, 1.54) is 4.90 Å². The third kappa shape index (κ3) is 3.44. The zero-order valence-corrected chi connectivity index (χ0v) is 12.9. The van der Waals surface area contributed by atoms with Crippen molar-refractivity contribution >= 4 is 24.0 Å². The van der Waals surface area contributed by atoms with E-state index in [4.69, 9.17) is 9.47 Å². The van der Waals surface area contributed by atoms with Gasteiger partial charge in [0.2, 0.25) is 0 Å². The van der Waals surface area contributed by atoms with Crippen molar-refractivity contribution < 1.29 is 23.9 Å². The molecule has 1 atom stereocenters. The van der Waals surface area contributed by atoms with Gasteiger partial charge in [-0.3, -0.25) is 14.5 Å². The first-order valence-electron chi connectivity index (χ1n) is 7.01. The van der Waals surface area contributed by atoms with Gasteiger partial charge >= 0.3 is 12.1 Å². The highest BCUT2D eigenvalue weighted by atomic mass is 16.6. The molecule has 0 aromatic heterocycles. The van der Waals surface area contributed by atoms with E-state index in [9.17, 15) is 14.4 Å². The molecule has 22 heavy (non-hydrogen) atoms. The van der Waals surface area contributed by atoms with Gasteiger partial charge in [-0.1, -0.05) is 0 Å². The second-order valence-electron chi connectivity index (χ2n) is 6.16. The third-order valence-electron chi connectivity index (χ3n) is 3.29. The number of aldehydes is 1. The van der Waals surface area contributed by atoms with Gasteiger partial charge in [-0.25, -0.2) is 4.79 Å². The van der Waals surface area contributed by atoms with E-state index in [-0.39, 0.29) is 25.2 Å².